The van der Waals surface area contributed by atoms with Crippen LogP contribution in [0.3, 0.4) is 0 Å². The molecule has 168 valence electrons. The topological polar surface area (TPSA) is 92.6 Å². The van der Waals surface area contributed by atoms with Gasteiger partial charge in [0, 0.05) is 18.5 Å². The molecule has 1 aliphatic carbocycles. The highest BCUT2D eigenvalue weighted by Gasteiger charge is 2.46. The van der Waals surface area contributed by atoms with Crippen LogP contribution in [0.1, 0.15) is 59.4 Å². The molecule has 1 saturated carbocycles. The lowest BCUT2D eigenvalue weighted by molar-refractivity contribution is -0.144. The summed E-state index contributed by atoms with van der Waals surface area (Å²) in [6.07, 6.45) is -0.465. The van der Waals surface area contributed by atoms with Gasteiger partial charge in [-0.1, -0.05) is 43.2 Å². The number of carbonyl (C=O) groups excluding carboxylic acids is 1. The molecule has 8 nitrogen and oxygen atoms in total. The Kier molecular flexibility index (Phi) is 4.98. The number of aromatic nitrogens is 6. The van der Waals surface area contributed by atoms with Crippen molar-refractivity contribution >= 4 is 5.91 Å². The van der Waals surface area contributed by atoms with Gasteiger partial charge >= 0.3 is 6.18 Å². The normalized spacial score (nSPS) is 23.4. The second-order valence-corrected chi connectivity index (χ2v) is 8.37. The molecule has 0 radical (unpaired) electrons. The van der Waals surface area contributed by atoms with Crippen molar-refractivity contribution in [2.45, 2.75) is 50.7 Å². The molecule has 3 atom stereocenters. The van der Waals surface area contributed by atoms with E-state index in [1.807, 2.05) is 28.2 Å². The first kappa shape index (κ1) is 20.7. The molecule has 2 aliphatic rings. The molecule has 2 fully saturated rings. The number of hydrogen-bond donors (Lipinski definition) is 1. The lowest BCUT2D eigenvalue weighted by atomic mass is 9.77. The SMILES string of the molecule is Cc1nc(C(=O)N2CC(c3ccccc3)C3CCCCC32)nn1-c1n[nH]c(C(F)(F)F)n1. The average Bonchev–Trinajstić information content (AvgIpc) is 3.50. The van der Waals surface area contributed by atoms with Crippen LogP contribution in [0.25, 0.3) is 5.95 Å². The molecule has 3 unspecified atom stereocenters. The zero-order valence-corrected chi connectivity index (χ0v) is 17.4. The van der Waals surface area contributed by atoms with Crippen molar-refractivity contribution in [1.29, 1.82) is 0 Å². The van der Waals surface area contributed by atoms with Gasteiger partial charge in [0.1, 0.15) is 5.82 Å². The fraction of sp³-hybridized carbons (Fsp3) is 0.476. The molecule has 1 amide bonds. The third kappa shape index (κ3) is 3.55. The number of hydrogen-bond acceptors (Lipinski definition) is 5. The highest BCUT2D eigenvalue weighted by atomic mass is 19.4. The molecule has 0 bridgehead atoms. The molecule has 32 heavy (non-hydrogen) atoms. The fourth-order valence-corrected chi connectivity index (χ4v) is 5.04. The molecule has 3 aromatic rings. The third-order valence-corrected chi connectivity index (χ3v) is 6.47. The molecule has 1 aromatic carbocycles. The molecule has 2 aromatic heterocycles. The number of alkyl halides is 3. The lowest BCUT2D eigenvalue weighted by Gasteiger charge is -2.32. The highest BCUT2D eigenvalue weighted by Crippen LogP contribution is 2.45. The minimum absolute atomic E-state index is 0.0566. The number of rotatable bonds is 3. The predicted octanol–water partition coefficient (Wildman–Crippen LogP) is 3.51. The van der Waals surface area contributed by atoms with E-state index in [-0.39, 0.29) is 35.5 Å². The number of benzene rings is 1. The second-order valence-electron chi connectivity index (χ2n) is 8.37. The van der Waals surface area contributed by atoms with Crippen LogP contribution in [0.15, 0.2) is 30.3 Å². The number of nitrogens with one attached hydrogen (secondary N) is 1. The summed E-state index contributed by atoms with van der Waals surface area (Å²) in [5.74, 6) is -1.05. The van der Waals surface area contributed by atoms with Crippen molar-refractivity contribution in [3.05, 3.63) is 53.4 Å². The third-order valence-electron chi connectivity index (χ3n) is 6.47. The Morgan fingerprint density at radius 3 is 2.59 bits per heavy atom. The number of fused-ring (bicyclic) bond motifs is 1. The minimum Gasteiger partial charge on any atom is -0.332 e. The first-order valence-electron chi connectivity index (χ1n) is 10.6. The summed E-state index contributed by atoms with van der Waals surface area (Å²) in [5, 5.41) is 9.59. The summed E-state index contributed by atoms with van der Waals surface area (Å²) in [7, 11) is 0. The van der Waals surface area contributed by atoms with E-state index in [1.54, 1.807) is 6.92 Å². The average molecular weight is 445 g/mol. The maximum absolute atomic E-state index is 13.4. The molecule has 11 heteroatoms. The smallest absolute Gasteiger partial charge is 0.332 e. The first-order chi connectivity index (χ1) is 15.3. The molecule has 1 N–H and O–H groups in total. The summed E-state index contributed by atoms with van der Waals surface area (Å²) in [4.78, 5) is 22.9. The van der Waals surface area contributed by atoms with Crippen molar-refractivity contribution in [3.63, 3.8) is 0 Å². The van der Waals surface area contributed by atoms with Gasteiger partial charge < -0.3 is 4.90 Å². The van der Waals surface area contributed by atoms with Crippen LogP contribution >= 0.6 is 0 Å². The van der Waals surface area contributed by atoms with E-state index in [0.29, 0.717) is 12.5 Å². The van der Waals surface area contributed by atoms with E-state index in [4.69, 9.17) is 0 Å². The van der Waals surface area contributed by atoms with E-state index in [0.717, 1.165) is 30.4 Å². The molecule has 3 heterocycles. The maximum atomic E-state index is 13.4. The summed E-state index contributed by atoms with van der Waals surface area (Å²) < 4.78 is 39.6. The maximum Gasteiger partial charge on any atom is 0.451 e. The summed E-state index contributed by atoms with van der Waals surface area (Å²) in [5.41, 5.74) is 1.22. The van der Waals surface area contributed by atoms with Crippen LogP contribution in [0, 0.1) is 12.8 Å². The van der Waals surface area contributed by atoms with Gasteiger partial charge in [-0.2, -0.15) is 22.8 Å². The van der Waals surface area contributed by atoms with Gasteiger partial charge in [-0.05, 0) is 31.2 Å². The number of aromatic amines is 1. The van der Waals surface area contributed by atoms with Crippen LogP contribution < -0.4 is 0 Å². The Morgan fingerprint density at radius 1 is 1.12 bits per heavy atom. The number of halogens is 3. The van der Waals surface area contributed by atoms with E-state index >= 15 is 0 Å². The van der Waals surface area contributed by atoms with Crippen molar-refractivity contribution < 1.29 is 18.0 Å². The van der Waals surface area contributed by atoms with Crippen molar-refractivity contribution in [3.8, 4) is 5.95 Å². The van der Waals surface area contributed by atoms with Crippen molar-refractivity contribution in [2.75, 3.05) is 6.54 Å². The summed E-state index contributed by atoms with van der Waals surface area (Å²) >= 11 is 0. The van der Waals surface area contributed by atoms with Gasteiger partial charge in [0.05, 0.1) is 0 Å². The Hall–Kier alpha value is -3.24. The zero-order chi connectivity index (χ0) is 22.5. The zero-order valence-electron chi connectivity index (χ0n) is 17.4. The quantitative estimate of drug-likeness (QED) is 0.666. The van der Waals surface area contributed by atoms with Crippen LogP contribution in [0.4, 0.5) is 13.2 Å². The van der Waals surface area contributed by atoms with E-state index in [2.05, 4.69) is 32.3 Å². The predicted molar refractivity (Wildman–Crippen MR) is 107 cm³/mol. The number of carbonyl (C=O) groups is 1. The molecular weight excluding hydrogens is 423 g/mol. The van der Waals surface area contributed by atoms with Crippen LogP contribution in [-0.2, 0) is 6.18 Å². The minimum atomic E-state index is -4.66. The molecular formula is C21H22F3N7O. The summed E-state index contributed by atoms with van der Waals surface area (Å²) in [6, 6.07) is 10.3. The summed E-state index contributed by atoms with van der Waals surface area (Å²) in [6.45, 7) is 2.12. The van der Waals surface area contributed by atoms with E-state index in [1.165, 1.54) is 5.56 Å². The van der Waals surface area contributed by atoms with Crippen LogP contribution in [-0.4, -0.2) is 53.3 Å². The molecule has 5 rings (SSSR count). The van der Waals surface area contributed by atoms with E-state index < -0.39 is 12.0 Å². The monoisotopic (exact) mass is 445 g/mol. The van der Waals surface area contributed by atoms with Gasteiger partial charge in [0.25, 0.3) is 11.9 Å². The van der Waals surface area contributed by atoms with Gasteiger partial charge in [-0.25, -0.2) is 4.98 Å². The molecule has 1 aliphatic heterocycles. The number of likely N-dealkylation sites (tertiary alicyclic amines) is 1. The first-order valence-corrected chi connectivity index (χ1v) is 10.6. The van der Waals surface area contributed by atoms with Crippen molar-refractivity contribution in [2.24, 2.45) is 5.92 Å². The second kappa shape index (κ2) is 7.72. The van der Waals surface area contributed by atoms with Gasteiger partial charge in [0.2, 0.25) is 11.6 Å². The number of H-pyrrole nitrogens is 1. The molecule has 0 spiro atoms. The Labute approximate surface area is 181 Å². The Bertz CT molecular complexity index is 1120. The van der Waals surface area contributed by atoms with Gasteiger partial charge in [0.15, 0.2) is 0 Å². The van der Waals surface area contributed by atoms with Crippen molar-refractivity contribution in [1.82, 2.24) is 34.8 Å². The van der Waals surface area contributed by atoms with Crippen LogP contribution in [0.2, 0.25) is 0 Å². The van der Waals surface area contributed by atoms with Gasteiger partial charge in [-0.3, -0.25) is 9.89 Å². The highest BCUT2D eigenvalue weighted by molar-refractivity contribution is 5.91. The number of amides is 1. The fourth-order valence-electron chi connectivity index (χ4n) is 5.04. The van der Waals surface area contributed by atoms with Crippen LogP contribution in [0.5, 0.6) is 0 Å². The Morgan fingerprint density at radius 2 is 1.88 bits per heavy atom. The van der Waals surface area contributed by atoms with E-state index in [9.17, 15) is 18.0 Å². The van der Waals surface area contributed by atoms with Gasteiger partial charge in [-0.15, -0.1) is 10.2 Å². The number of nitrogens with zero attached hydrogens (tertiary/aromatic N) is 6. The standard InChI is InChI=1S/C21H22F3N7O/c1-12-25-17(29-31(12)20-26-19(27-28-20)21(22,23)24)18(32)30-11-15(13-7-3-2-4-8-13)14-9-5-6-10-16(14)30/h2-4,7-8,14-16H,5-6,9-11H2,1H3,(H,26,27,28). The molecule has 1 saturated heterocycles. The number of aryl methyl sites for hydroxylation is 1. The largest absolute Gasteiger partial charge is 0.451 e. The Balaban J connectivity index is 1.43. The lowest BCUT2D eigenvalue weighted by Crippen LogP contribution is -2.39.